The van der Waals surface area contributed by atoms with Crippen LogP contribution in [0.3, 0.4) is 0 Å². The first kappa shape index (κ1) is 15.9. The Kier molecular flexibility index (Phi) is 3.84. The molecule has 0 saturated carbocycles. The van der Waals surface area contributed by atoms with Crippen molar-refractivity contribution in [2.24, 2.45) is 0 Å². The van der Waals surface area contributed by atoms with E-state index in [9.17, 15) is 9.59 Å². The fourth-order valence-electron chi connectivity index (χ4n) is 3.87. The zero-order valence-corrected chi connectivity index (χ0v) is 14.3. The van der Waals surface area contributed by atoms with Crippen molar-refractivity contribution in [2.45, 2.75) is 18.5 Å². The third-order valence-corrected chi connectivity index (χ3v) is 5.19. The number of amides is 1. The summed E-state index contributed by atoms with van der Waals surface area (Å²) in [5.41, 5.74) is 2.39. The Balaban J connectivity index is 1.53. The summed E-state index contributed by atoms with van der Waals surface area (Å²) >= 11 is 0. The quantitative estimate of drug-likeness (QED) is 0.803. The van der Waals surface area contributed by atoms with Gasteiger partial charge in [0.05, 0.1) is 5.52 Å². The van der Waals surface area contributed by atoms with Crippen LogP contribution in [0, 0.1) is 0 Å². The van der Waals surface area contributed by atoms with Gasteiger partial charge in [-0.1, -0.05) is 0 Å². The molecule has 0 unspecified atom stereocenters. The molecule has 2 fully saturated rings. The third-order valence-electron chi connectivity index (χ3n) is 5.19. The zero-order valence-electron chi connectivity index (χ0n) is 14.3. The summed E-state index contributed by atoms with van der Waals surface area (Å²) in [7, 11) is 3.95. The summed E-state index contributed by atoms with van der Waals surface area (Å²) in [6.45, 7) is 2.14. The van der Waals surface area contributed by atoms with Crippen LogP contribution in [0.4, 0.5) is 5.69 Å². The topological polar surface area (TPSA) is 81.8 Å². The van der Waals surface area contributed by atoms with Gasteiger partial charge in [0.15, 0.2) is 5.69 Å². The van der Waals surface area contributed by atoms with E-state index in [1.54, 1.807) is 0 Å². The lowest BCUT2D eigenvalue weighted by molar-refractivity contribution is -0.134. The van der Waals surface area contributed by atoms with Crippen molar-refractivity contribution in [3.05, 3.63) is 23.9 Å². The number of hydrogen-bond donors (Lipinski definition) is 1. The molecule has 4 rings (SSSR count). The lowest BCUT2D eigenvalue weighted by Crippen LogP contribution is -2.49. The summed E-state index contributed by atoms with van der Waals surface area (Å²) in [5, 5.41) is 8.10. The van der Waals surface area contributed by atoms with Gasteiger partial charge in [0, 0.05) is 50.3 Å². The third kappa shape index (κ3) is 2.62. The molecule has 8 heteroatoms. The molecular formula is C17H21N5O3. The maximum absolute atomic E-state index is 13.0. The number of ether oxygens (including phenoxy) is 1. The molecule has 132 valence electrons. The average molecular weight is 343 g/mol. The minimum atomic E-state index is -0.0349. The highest BCUT2D eigenvalue weighted by atomic mass is 16.5. The smallest absolute Gasteiger partial charge is 0.294 e. The first-order valence-corrected chi connectivity index (χ1v) is 8.34. The highest BCUT2D eigenvalue weighted by Crippen LogP contribution is 2.32. The van der Waals surface area contributed by atoms with Gasteiger partial charge in [0.25, 0.3) is 12.4 Å². The molecule has 2 atom stereocenters. The van der Waals surface area contributed by atoms with Crippen molar-refractivity contribution in [3.8, 4) is 0 Å². The number of likely N-dealkylation sites (tertiary alicyclic amines) is 2. The van der Waals surface area contributed by atoms with E-state index >= 15 is 0 Å². The lowest BCUT2D eigenvalue weighted by Gasteiger charge is -2.33. The van der Waals surface area contributed by atoms with E-state index in [4.69, 9.17) is 4.74 Å². The molecule has 25 heavy (non-hydrogen) atoms. The molecule has 2 aliphatic rings. The van der Waals surface area contributed by atoms with Gasteiger partial charge in [0.2, 0.25) is 0 Å². The van der Waals surface area contributed by atoms with Crippen molar-refractivity contribution in [1.82, 2.24) is 20.0 Å². The molecular weight excluding hydrogens is 322 g/mol. The maximum Gasteiger partial charge on any atom is 0.294 e. The Morgan fingerprint density at radius 3 is 2.92 bits per heavy atom. The molecule has 1 aromatic carbocycles. The van der Waals surface area contributed by atoms with Gasteiger partial charge in [-0.2, -0.15) is 5.10 Å². The number of carbonyl (C=O) groups excluding carboxylic acids is 2. The summed E-state index contributed by atoms with van der Waals surface area (Å²) < 4.78 is 4.85. The molecule has 3 heterocycles. The van der Waals surface area contributed by atoms with E-state index in [1.165, 1.54) is 0 Å². The second-order valence-electron chi connectivity index (χ2n) is 6.86. The summed E-state index contributed by atoms with van der Waals surface area (Å²) in [5.74, 6) is -0.0349. The van der Waals surface area contributed by atoms with Gasteiger partial charge >= 0.3 is 0 Å². The van der Waals surface area contributed by atoms with Crippen molar-refractivity contribution < 1.29 is 14.3 Å². The van der Waals surface area contributed by atoms with E-state index < -0.39 is 0 Å². The number of fused-ring (bicyclic) bond motifs is 3. The molecule has 1 N–H and O–H groups in total. The van der Waals surface area contributed by atoms with Crippen LogP contribution in [0.2, 0.25) is 0 Å². The number of piperazine rings is 1. The number of H-pyrrole nitrogens is 1. The van der Waals surface area contributed by atoms with Crippen LogP contribution in [-0.4, -0.2) is 78.4 Å². The first-order valence-electron chi connectivity index (χ1n) is 8.34. The zero-order chi connectivity index (χ0) is 17.6. The van der Waals surface area contributed by atoms with Gasteiger partial charge < -0.3 is 14.5 Å². The van der Waals surface area contributed by atoms with Gasteiger partial charge in [-0.05, 0) is 24.6 Å². The van der Waals surface area contributed by atoms with Crippen LogP contribution < -0.4 is 4.90 Å². The molecule has 1 aromatic heterocycles. The number of nitrogens with zero attached hydrogens (tertiary/aromatic N) is 4. The van der Waals surface area contributed by atoms with Gasteiger partial charge in [0.1, 0.15) is 6.73 Å². The number of anilines is 1. The summed E-state index contributed by atoms with van der Waals surface area (Å²) in [6, 6.07) is 6.33. The number of aromatic amines is 1. The molecule has 0 spiro atoms. The molecule has 8 nitrogen and oxygen atoms in total. The number of hydrogen-bond acceptors (Lipinski definition) is 6. The minimum Gasteiger partial charge on any atom is -0.452 e. The van der Waals surface area contributed by atoms with Gasteiger partial charge in [-0.15, -0.1) is 0 Å². The molecule has 0 aliphatic carbocycles. The monoisotopic (exact) mass is 343 g/mol. The van der Waals surface area contributed by atoms with Crippen molar-refractivity contribution >= 4 is 29.0 Å². The van der Waals surface area contributed by atoms with Gasteiger partial charge in [-0.25, -0.2) is 0 Å². The van der Waals surface area contributed by atoms with Crippen molar-refractivity contribution in [1.29, 1.82) is 0 Å². The van der Waals surface area contributed by atoms with Crippen molar-refractivity contribution in [2.75, 3.05) is 38.8 Å². The van der Waals surface area contributed by atoms with Crippen LogP contribution in [0.25, 0.3) is 10.9 Å². The molecule has 2 aliphatic heterocycles. The fourth-order valence-corrected chi connectivity index (χ4v) is 3.87. The highest BCUT2D eigenvalue weighted by molar-refractivity contribution is 6.05. The predicted octanol–water partition coefficient (Wildman–Crippen LogP) is 0.658. The largest absolute Gasteiger partial charge is 0.452 e. The Morgan fingerprint density at radius 2 is 2.24 bits per heavy atom. The Morgan fingerprint density at radius 1 is 1.40 bits per heavy atom. The lowest BCUT2D eigenvalue weighted by atomic mass is 10.1. The van der Waals surface area contributed by atoms with Crippen LogP contribution in [0.1, 0.15) is 16.9 Å². The maximum atomic E-state index is 13.0. The predicted molar refractivity (Wildman–Crippen MR) is 92.4 cm³/mol. The average Bonchev–Trinajstić information content (AvgIpc) is 3.31. The highest BCUT2D eigenvalue weighted by Gasteiger charge is 2.46. The Hall–Kier alpha value is -2.61. The van der Waals surface area contributed by atoms with Crippen LogP contribution in [0.15, 0.2) is 18.2 Å². The van der Waals surface area contributed by atoms with E-state index in [1.807, 2.05) is 42.1 Å². The number of carbonyl (C=O) groups is 2. The SMILES string of the molecule is CN(C)c1ccc2c(C(=O)N3C[C@@H]4C[C@H]3CN4COC=O)n[nH]c2c1. The molecule has 1 amide bonds. The first-order chi connectivity index (χ1) is 12.1. The minimum absolute atomic E-state index is 0.0349. The number of rotatable bonds is 5. The van der Waals surface area contributed by atoms with Crippen LogP contribution in [-0.2, 0) is 9.53 Å². The second-order valence-corrected chi connectivity index (χ2v) is 6.86. The van der Waals surface area contributed by atoms with Gasteiger partial charge in [-0.3, -0.25) is 19.6 Å². The van der Waals surface area contributed by atoms with E-state index in [2.05, 4.69) is 15.1 Å². The number of aromatic nitrogens is 2. The fraction of sp³-hybridized carbons (Fsp3) is 0.471. The summed E-state index contributed by atoms with van der Waals surface area (Å²) in [6.07, 6.45) is 0.918. The Labute approximate surface area is 145 Å². The van der Waals surface area contributed by atoms with Crippen LogP contribution >= 0.6 is 0 Å². The standard InChI is InChI=1S/C17H21N5O3/c1-20(2)11-3-4-14-15(6-11)18-19-16(14)17(24)22-8-12-5-13(22)7-21(12)9-25-10-23/h3-4,6,10,12-13H,5,7-9H2,1-2H3,(H,18,19)/t12-,13-/m0/s1. The molecule has 0 radical (unpaired) electrons. The van der Waals surface area contributed by atoms with E-state index in [0.29, 0.717) is 25.4 Å². The normalized spacial score (nSPS) is 22.6. The van der Waals surface area contributed by atoms with Crippen LogP contribution in [0.5, 0.6) is 0 Å². The molecule has 2 bridgehead atoms. The van der Waals surface area contributed by atoms with E-state index in [-0.39, 0.29) is 18.0 Å². The number of nitrogens with one attached hydrogen (secondary N) is 1. The molecule has 2 aromatic rings. The van der Waals surface area contributed by atoms with Crippen molar-refractivity contribution in [3.63, 3.8) is 0 Å². The summed E-state index contributed by atoms with van der Waals surface area (Å²) in [4.78, 5) is 29.4. The molecule has 2 saturated heterocycles. The van der Waals surface area contributed by atoms with E-state index in [0.717, 1.165) is 29.6 Å². The second kappa shape index (κ2) is 6.03. The number of benzene rings is 1. The Bertz CT molecular complexity index is 818.